The SMILES string of the molecule is [2H]C([2H])([2H])Oc1ccc(C(C2(O)CCCCC2)C([2H])([2H])[NH+](C)C)cc1.[2H]C([2H])([2H])Oc1ccc(C(C[NH+](C)C)C2(O)CCCCC2)cc1.[2H]C([2H])([2H])Oc1ccc([C@@H](C2(O)CCCCC2)C([2H])([2H])[NH+](C)C)cc1.[2H]C([2H])([2H])Oc1ccc([C@@H](C[NH+](C)C)C2(O)CCCCC2)cc1.[2H]C([2H])([2H])Oc1ccc([C@H](C2(O)CCCCC2)C([2H])([2H])[NH+](C)C)cc1.[2H]C([2H])([2H])Oc1ccc([C@H](C[NH+](C)C)C2(O)CCCCC2)cc1.[2H]C([2H])([2H])[NH+](CC(c1ccc(OC)cc1)C1(O)CCCCC1)C([2H])([2H])[2H].[Cl-].[Cl-].[Cl-].[Cl-].[Cl-].[Cl-].[Cl-]. The van der Waals surface area contributed by atoms with Crippen LogP contribution in [-0.4, -0.2) is 268 Å². The van der Waals surface area contributed by atoms with Crippen molar-refractivity contribution >= 4 is 0 Å². The van der Waals surface area contributed by atoms with Crippen molar-refractivity contribution in [3.8, 4) is 40.2 Å². The summed E-state index contributed by atoms with van der Waals surface area (Å²) in [4.78, 5) is 5.23. The Morgan fingerprint density at radius 1 is 0.204 bits per heavy atom. The Labute approximate surface area is 974 Å². The van der Waals surface area contributed by atoms with Gasteiger partial charge in [0, 0.05) is 0 Å². The lowest BCUT2D eigenvalue weighted by Gasteiger charge is -2.39. The van der Waals surface area contributed by atoms with Crippen LogP contribution in [0.25, 0.3) is 0 Å². The third-order valence-corrected chi connectivity index (χ3v) is 29.5. The Balaban J connectivity index is 0.00000103. The molecule has 28 heteroatoms. The van der Waals surface area contributed by atoms with E-state index in [1.165, 1.54) is 70.4 Å². The average molecular weight is 2230 g/mol. The molecule has 0 radical (unpaired) electrons. The lowest BCUT2D eigenvalue weighted by molar-refractivity contribution is -0.860. The molecule has 3 unspecified atom stereocenters. The molecule has 7 aromatic carbocycles. The molecule has 0 aromatic heterocycles. The van der Waals surface area contributed by atoms with Crippen molar-refractivity contribution in [2.75, 3.05) is 194 Å². The monoisotopic (exact) mass is 2220 g/mol. The highest BCUT2D eigenvalue weighted by molar-refractivity contribution is 5.38. The van der Waals surface area contributed by atoms with Crippen molar-refractivity contribution in [3.63, 3.8) is 0 Å². The average Bonchev–Trinajstić information content (AvgIpc) is 0.756. The molecule has 7 saturated carbocycles. The number of rotatable bonds is 35. The molecule has 840 valence electrons. The minimum atomic E-state index is -2.69. The lowest BCUT2D eigenvalue weighted by Crippen LogP contribution is -3.06. The van der Waals surface area contributed by atoms with Gasteiger partial charge in [-0.25, -0.2) is 0 Å². The summed E-state index contributed by atoms with van der Waals surface area (Å²) in [6, 6.07) is 47.7. The molecular weight excluding hydrogens is 2000 g/mol. The largest absolute Gasteiger partial charge is 1.00 e. The Hall–Kier alpha value is -5.39. The fourth-order valence-electron chi connectivity index (χ4n) is 22.1. The summed E-state index contributed by atoms with van der Waals surface area (Å²) in [6.45, 7) is -8.05. The van der Waals surface area contributed by atoms with Crippen LogP contribution in [0.2, 0.25) is 0 Å². The summed E-state index contributed by atoms with van der Waals surface area (Å²) >= 11 is 0. The number of aliphatic hydroxyl groups is 7. The predicted molar refractivity (Wildman–Crippen MR) is 570 cm³/mol. The van der Waals surface area contributed by atoms with Gasteiger partial charge in [0.1, 0.15) is 40.2 Å². The second-order valence-corrected chi connectivity index (χ2v) is 42.3. The smallest absolute Gasteiger partial charge is 0.118 e. The number of quaternary nitrogens is 7. The number of benzene rings is 7. The van der Waals surface area contributed by atoms with Gasteiger partial charge in [-0.05, 0) is 214 Å². The van der Waals surface area contributed by atoms with Gasteiger partial charge in [-0.1, -0.05) is 220 Å². The second kappa shape index (κ2) is 70.2. The molecule has 0 bridgehead atoms. The number of hydrogen-bond donors (Lipinski definition) is 14. The summed E-state index contributed by atoms with van der Waals surface area (Å²) in [5.74, 6) is -0.266. The first-order chi connectivity index (χ1) is 78.4. The fraction of sp³-hybridized carbons (Fsp3) is 0.647. The van der Waals surface area contributed by atoms with E-state index < -0.39 is 143 Å². The Kier molecular flexibility index (Phi) is 45.4. The van der Waals surface area contributed by atoms with E-state index in [0.29, 0.717) is 106 Å². The highest BCUT2D eigenvalue weighted by Crippen LogP contribution is 2.47. The van der Waals surface area contributed by atoms with E-state index in [0.717, 1.165) is 196 Å². The summed E-state index contributed by atoms with van der Waals surface area (Å²) in [5, 5.41) is 78.5. The minimum Gasteiger partial charge on any atom is -1.00 e. The molecule has 147 heavy (non-hydrogen) atoms. The Morgan fingerprint density at radius 2 is 0.333 bits per heavy atom. The quantitative estimate of drug-likeness (QED) is 0.0177. The zero-order valence-electron chi connectivity index (χ0n) is 119. The van der Waals surface area contributed by atoms with Crippen molar-refractivity contribution in [1.82, 2.24) is 0 Å². The van der Waals surface area contributed by atoms with Gasteiger partial charge in [-0.15, -0.1) is 0 Å². The molecule has 0 saturated heterocycles. The van der Waals surface area contributed by atoms with Gasteiger partial charge in [0.25, 0.3) is 0 Å². The van der Waals surface area contributed by atoms with Crippen LogP contribution >= 0.6 is 0 Å². The van der Waals surface area contributed by atoms with Crippen LogP contribution in [0.15, 0.2) is 170 Å². The maximum Gasteiger partial charge on any atom is 0.118 e. The molecule has 7 atom stereocenters. The Morgan fingerprint density at radius 3 is 0.456 bits per heavy atom. The van der Waals surface area contributed by atoms with E-state index >= 15 is 0 Å². The number of ether oxygens (including phenoxy) is 7. The summed E-state index contributed by atoms with van der Waals surface area (Å²) < 4.78 is 261. The summed E-state index contributed by atoms with van der Waals surface area (Å²) in [7, 11) is 9.66. The van der Waals surface area contributed by atoms with Gasteiger partial charge in [0.05, 0.1) is 315 Å². The molecule has 0 spiro atoms. The van der Waals surface area contributed by atoms with Crippen LogP contribution in [0.4, 0.5) is 0 Å². The van der Waals surface area contributed by atoms with E-state index in [9.17, 15) is 35.7 Å². The number of halogens is 7. The molecule has 0 amide bonds. The molecule has 14 rings (SSSR count). The number of methoxy groups -OCH3 is 7. The number of likely N-dealkylation sites (N-methyl/N-ethyl adjacent to an activating group) is 7. The van der Waals surface area contributed by atoms with Crippen LogP contribution in [0, 0.1) is 0 Å². The van der Waals surface area contributed by atoms with Crippen molar-refractivity contribution < 1.29 is 231 Å². The molecule has 14 N–H and O–H groups in total. The van der Waals surface area contributed by atoms with Gasteiger partial charge in [-0.2, -0.15) is 0 Å². The first-order valence-electron chi connectivity index (χ1n) is 66.5. The first kappa shape index (κ1) is 95.1. The molecule has 0 heterocycles. The standard InChI is InChI=1S/7C17H27NO2.7ClH/c7*1-18(2)13-16(17(19)11-5-4-6-12-17)14-7-9-15(20-3)10-8-14;;;;;;;/h7*7-10,16,19H,4-6,11-13H2,1-3H3;7*1H/t4*16-;;;;;;;;;;/m1100........../s1/i3D3,13D2;3D3;3D3,13D2;3D3;3D3,13D2;1D3,2D3;3D3;;;;;;;. The maximum atomic E-state index is 11.3. The highest BCUT2D eigenvalue weighted by Gasteiger charge is 2.47. The lowest BCUT2D eigenvalue weighted by atomic mass is 9.72. The molecule has 7 fully saturated rings. The third kappa shape index (κ3) is 44.4. The van der Waals surface area contributed by atoms with E-state index in [2.05, 4.69) is 42.3 Å². The Bertz CT molecular complexity index is 5270. The van der Waals surface area contributed by atoms with Crippen LogP contribution in [0.5, 0.6) is 40.2 Å². The van der Waals surface area contributed by atoms with E-state index in [4.69, 9.17) is 74.3 Å². The van der Waals surface area contributed by atoms with Crippen molar-refractivity contribution in [1.29, 1.82) is 0 Å². The van der Waals surface area contributed by atoms with Crippen LogP contribution < -0.4 is 154 Å². The van der Waals surface area contributed by atoms with Gasteiger partial charge in [0.2, 0.25) is 0 Å². The normalized spacial score (nSPS) is 22.9. The fourth-order valence-corrected chi connectivity index (χ4v) is 22.1. The van der Waals surface area contributed by atoms with Crippen LogP contribution in [-0.2, 0) is 0 Å². The molecule has 7 aliphatic carbocycles. The summed E-state index contributed by atoms with van der Waals surface area (Å²) in [5.41, 5.74) is -0.546. The van der Waals surface area contributed by atoms with E-state index in [1.807, 2.05) is 36.4 Å². The number of nitrogens with one attached hydrogen (secondary N) is 7. The first-order valence-corrected chi connectivity index (χ1v) is 51.5. The minimum absolute atomic E-state index is 0. The van der Waals surface area contributed by atoms with Gasteiger partial charge < -0.3 is 190 Å². The topological polar surface area (TPSA) is 237 Å². The van der Waals surface area contributed by atoms with E-state index in [-0.39, 0.29) is 128 Å². The number of hydrogen-bond acceptors (Lipinski definition) is 14. The van der Waals surface area contributed by atoms with Crippen molar-refractivity contribution in [2.45, 2.75) is 305 Å². The van der Waals surface area contributed by atoms with Crippen LogP contribution in [0.1, 0.15) is 346 Å². The highest BCUT2D eigenvalue weighted by atomic mass is 35.5. The molecular formula is C119H196Cl7N7O14. The van der Waals surface area contributed by atoms with Gasteiger partial charge >= 0.3 is 0 Å². The molecule has 21 nitrogen and oxygen atoms in total. The van der Waals surface area contributed by atoms with Gasteiger partial charge in [0.15, 0.2) is 0 Å². The molecule has 7 aliphatic rings. The zero-order chi connectivity index (χ0) is 127. The van der Waals surface area contributed by atoms with Crippen LogP contribution in [0.3, 0.4) is 0 Å². The van der Waals surface area contributed by atoms with Crippen molar-refractivity contribution in [2.24, 2.45) is 0 Å². The van der Waals surface area contributed by atoms with E-state index in [1.54, 1.807) is 146 Å². The second-order valence-electron chi connectivity index (χ2n) is 42.3. The third-order valence-electron chi connectivity index (χ3n) is 29.5. The molecule has 0 aliphatic heterocycles. The molecule has 7 aromatic rings. The van der Waals surface area contributed by atoms with Gasteiger partial charge in [-0.3, -0.25) is 0 Å². The van der Waals surface area contributed by atoms with Crippen molar-refractivity contribution in [3.05, 3.63) is 209 Å². The summed E-state index contributed by atoms with van der Waals surface area (Å²) in [6.07, 6.45) is 30.6. The maximum absolute atomic E-state index is 11.3. The zero-order valence-corrected chi connectivity index (χ0v) is 94.2. The predicted octanol–water partition coefficient (Wildman–Crippen LogP) is -9.64.